The molecule has 0 aliphatic rings. The molecule has 0 heterocycles. The zero-order chi connectivity index (χ0) is 10.9. The van der Waals surface area contributed by atoms with Gasteiger partial charge in [0.1, 0.15) is 6.29 Å². The maximum absolute atomic E-state index is 9.57. The molecule has 0 fully saturated rings. The molecule has 0 saturated heterocycles. The van der Waals surface area contributed by atoms with E-state index in [2.05, 4.69) is 3.63 Å². The summed E-state index contributed by atoms with van der Waals surface area (Å²) in [5.41, 5.74) is 0. The van der Waals surface area contributed by atoms with Gasteiger partial charge in [0.05, 0.1) is 6.54 Å². The molecule has 0 amide bonds. The van der Waals surface area contributed by atoms with Crippen molar-refractivity contribution in [1.29, 1.82) is 0 Å². The van der Waals surface area contributed by atoms with Crippen LogP contribution in [0.3, 0.4) is 0 Å². The number of carbonyl (C=O) groups excluding carboxylic acids is 1. The Morgan fingerprint density at radius 2 is 1.69 bits per heavy atom. The highest BCUT2D eigenvalue weighted by Gasteiger charge is 1.96. The van der Waals surface area contributed by atoms with Crippen LogP contribution in [0.2, 0.25) is 0 Å². The summed E-state index contributed by atoms with van der Waals surface area (Å²) in [6.45, 7) is 0.528. The Bertz CT molecular complexity index is 171. The summed E-state index contributed by atoms with van der Waals surface area (Å²) in [5, 5.41) is 0. The lowest BCUT2D eigenvalue weighted by Crippen LogP contribution is -2.13. The zero-order valence-electron chi connectivity index (χ0n) is 7.08. The Morgan fingerprint density at radius 3 is 1.69 bits per heavy atom. The molecule has 0 saturated carbocycles. The molecule has 0 aliphatic carbocycles. The van der Waals surface area contributed by atoms with Crippen LogP contribution in [0.5, 0.6) is 0 Å². The summed E-state index contributed by atoms with van der Waals surface area (Å²) in [6.07, 6.45) is 0.875. The second kappa shape index (κ2) is 9.89. The highest BCUT2D eigenvalue weighted by atomic mass is 32.3. The molecular weight excluding hydrogens is 222 g/mol. The van der Waals surface area contributed by atoms with Crippen LogP contribution in [0.15, 0.2) is 0 Å². The molecular formula is C4H11NO6S2. The predicted molar refractivity (Wildman–Crippen MR) is 47.2 cm³/mol. The summed E-state index contributed by atoms with van der Waals surface area (Å²) >= 11 is -5.29. The first kappa shape index (κ1) is 15.3. The number of likely N-dealkylation sites (N-methyl/N-ethyl adjacent to an activating group) is 1. The van der Waals surface area contributed by atoms with Crippen LogP contribution < -0.4 is 0 Å². The number of rotatable bonds is 4. The van der Waals surface area contributed by atoms with Gasteiger partial charge in [-0.15, -0.1) is 3.63 Å². The number of carbonyl (C=O) groups is 1. The van der Waals surface area contributed by atoms with Gasteiger partial charge in [0.15, 0.2) is 0 Å². The number of hydrogen-bond donors (Lipinski definition) is 2. The normalized spacial score (nSPS) is 14.2. The van der Waals surface area contributed by atoms with Crippen LogP contribution in [0, 0.1) is 0 Å². The third-order valence-electron chi connectivity index (χ3n) is 0.556. The van der Waals surface area contributed by atoms with Crippen LogP contribution in [0.1, 0.15) is 0 Å². The summed E-state index contributed by atoms with van der Waals surface area (Å²) in [6, 6.07) is 0. The van der Waals surface area contributed by atoms with E-state index in [0.29, 0.717) is 6.54 Å². The fourth-order valence-electron chi connectivity index (χ4n) is 0.199. The highest BCUT2D eigenvalue weighted by molar-refractivity contribution is 7.87. The molecule has 0 spiro atoms. The van der Waals surface area contributed by atoms with E-state index in [9.17, 15) is 13.2 Å². The van der Waals surface area contributed by atoms with Gasteiger partial charge >= 0.3 is 22.7 Å². The molecule has 0 rings (SSSR count). The van der Waals surface area contributed by atoms with Gasteiger partial charge in [-0.05, 0) is 14.1 Å². The molecule has 0 aromatic rings. The first-order valence-corrected chi connectivity index (χ1v) is 4.95. The van der Waals surface area contributed by atoms with Gasteiger partial charge in [-0.2, -0.15) is 8.42 Å². The third-order valence-corrected chi connectivity index (χ3v) is 1.49. The van der Waals surface area contributed by atoms with Crippen LogP contribution in [-0.2, 0) is 31.1 Å². The average molecular weight is 233 g/mol. The van der Waals surface area contributed by atoms with E-state index >= 15 is 0 Å². The van der Waals surface area contributed by atoms with Crippen molar-refractivity contribution in [3.05, 3.63) is 0 Å². The van der Waals surface area contributed by atoms with Crippen molar-refractivity contribution in [2.45, 2.75) is 0 Å². The van der Waals surface area contributed by atoms with Gasteiger partial charge < -0.3 is 9.69 Å². The molecule has 0 aromatic heterocycles. The van der Waals surface area contributed by atoms with Crippen LogP contribution >= 0.6 is 0 Å². The van der Waals surface area contributed by atoms with Crippen LogP contribution in [0.25, 0.3) is 0 Å². The Hall–Kier alpha value is -0.190. The molecule has 7 nitrogen and oxygen atoms in total. The summed E-state index contributed by atoms with van der Waals surface area (Å²) in [7, 11) is 3.71. The Kier molecular flexibility index (Phi) is 11.6. The quantitative estimate of drug-likeness (QED) is 0.475. The molecule has 13 heavy (non-hydrogen) atoms. The Balaban J connectivity index is 0. The monoisotopic (exact) mass is 233 g/mol. The van der Waals surface area contributed by atoms with Crippen molar-refractivity contribution in [2.75, 3.05) is 20.6 Å². The van der Waals surface area contributed by atoms with Crippen LogP contribution in [-0.4, -0.2) is 49.3 Å². The fourth-order valence-corrected chi connectivity index (χ4v) is 0.597. The minimum Gasteiger partial charge on any atom is -0.303 e. The summed E-state index contributed by atoms with van der Waals surface area (Å²) < 4.78 is 37.2. The van der Waals surface area contributed by atoms with E-state index in [1.165, 1.54) is 0 Å². The molecule has 0 aromatic carbocycles. The molecule has 0 bridgehead atoms. The molecule has 0 aliphatic heterocycles. The minimum atomic E-state index is -2.65. The van der Waals surface area contributed by atoms with E-state index in [0.717, 1.165) is 6.29 Å². The summed E-state index contributed by atoms with van der Waals surface area (Å²) in [4.78, 5) is 11.4. The molecule has 80 valence electrons. The maximum Gasteiger partial charge on any atom is 0.317 e. The lowest BCUT2D eigenvalue weighted by molar-refractivity contribution is -0.108. The maximum atomic E-state index is 9.57. The SMILES string of the molecule is CN(C)CC=O.O=S(O)OS(=O)O. The van der Waals surface area contributed by atoms with Gasteiger partial charge in [-0.3, -0.25) is 9.11 Å². The number of aldehydes is 1. The van der Waals surface area contributed by atoms with Crippen molar-refractivity contribution in [3.63, 3.8) is 0 Å². The largest absolute Gasteiger partial charge is 0.317 e. The molecule has 9 heteroatoms. The fraction of sp³-hybridized carbons (Fsp3) is 0.750. The van der Waals surface area contributed by atoms with Gasteiger partial charge in [-0.1, -0.05) is 0 Å². The van der Waals surface area contributed by atoms with Crippen molar-refractivity contribution < 1.29 is 25.9 Å². The summed E-state index contributed by atoms with van der Waals surface area (Å²) in [5.74, 6) is 0. The van der Waals surface area contributed by atoms with Gasteiger partial charge in [0.25, 0.3) is 0 Å². The van der Waals surface area contributed by atoms with E-state index in [1.807, 2.05) is 19.0 Å². The van der Waals surface area contributed by atoms with E-state index < -0.39 is 22.7 Å². The number of hydrogen-bond acceptors (Lipinski definition) is 5. The lowest BCUT2D eigenvalue weighted by atomic mass is 10.7. The Labute approximate surface area is 81.0 Å². The zero-order valence-corrected chi connectivity index (χ0v) is 8.71. The number of nitrogens with zero attached hydrogens (tertiary/aromatic N) is 1. The highest BCUT2D eigenvalue weighted by Crippen LogP contribution is 1.79. The molecule has 2 N–H and O–H groups in total. The first-order valence-electron chi connectivity index (χ1n) is 2.89. The van der Waals surface area contributed by atoms with E-state index in [4.69, 9.17) is 9.11 Å². The topological polar surface area (TPSA) is 104 Å². The van der Waals surface area contributed by atoms with E-state index in [-0.39, 0.29) is 0 Å². The van der Waals surface area contributed by atoms with Gasteiger partial charge in [0, 0.05) is 0 Å². The average Bonchev–Trinajstić information content (AvgIpc) is 1.83. The van der Waals surface area contributed by atoms with Crippen molar-refractivity contribution in [3.8, 4) is 0 Å². The van der Waals surface area contributed by atoms with Crippen LogP contribution in [0.4, 0.5) is 0 Å². The molecule has 0 unspecified atom stereocenters. The van der Waals surface area contributed by atoms with Crippen molar-refractivity contribution in [2.24, 2.45) is 0 Å². The van der Waals surface area contributed by atoms with Gasteiger partial charge in [-0.25, -0.2) is 0 Å². The predicted octanol–water partition coefficient (Wildman–Crippen LogP) is -0.977. The Morgan fingerprint density at radius 1 is 1.31 bits per heavy atom. The lowest BCUT2D eigenvalue weighted by Gasteiger charge is -1.99. The van der Waals surface area contributed by atoms with Crippen molar-refractivity contribution >= 4 is 29.0 Å². The smallest absolute Gasteiger partial charge is 0.303 e. The second-order valence-electron chi connectivity index (χ2n) is 1.93. The standard InChI is InChI=1S/C4H9NO.H2O5S2/c1-5(2)3-4-6;1-6(2)5-7(3)4/h4H,3H2,1-2H3;(H,1,2)(H,3,4). The first-order chi connectivity index (χ1) is 5.90. The van der Waals surface area contributed by atoms with Crippen molar-refractivity contribution in [1.82, 2.24) is 4.90 Å². The van der Waals surface area contributed by atoms with E-state index in [1.54, 1.807) is 0 Å². The van der Waals surface area contributed by atoms with Gasteiger partial charge in [0.2, 0.25) is 0 Å². The second-order valence-corrected chi connectivity index (χ2v) is 3.34. The minimum absolute atomic E-state index is 0.528. The molecule has 0 atom stereocenters. The molecule has 0 radical (unpaired) electrons. The third kappa shape index (κ3) is 24.5.